The average Bonchev–Trinajstić information content (AvgIpc) is 2.72. The minimum atomic E-state index is -0.199. The van der Waals surface area contributed by atoms with Crippen molar-refractivity contribution in [2.24, 2.45) is 0 Å². The van der Waals surface area contributed by atoms with Crippen LogP contribution in [0.4, 0.5) is 4.79 Å². The van der Waals surface area contributed by atoms with Crippen LogP contribution in [0, 0.1) is 0 Å². The third-order valence-corrected chi connectivity index (χ3v) is 4.50. The number of nitrogens with one attached hydrogen (secondary N) is 2. The zero-order valence-corrected chi connectivity index (χ0v) is 16.1. The fraction of sp³-hybridized carbons (Fsp3) is 0.286. The molecule has 0 radical (unpaired) electrons. The lowest BCUT2D eigenvalue weighted by Crippen LogP contribution is -2.40. The van der Waals surface area contributed by atoms with Gasteiger partial charge in [-0.25, -0.2) is 9.78 Å². The number of carbonyl (C=O) groups is 1. The Labute approximate surface area is 163 Å². The Morgan fingerprint density at radius 1 is 1.21 bits per heavy atom. The van der Waals surface area contributed by atoms with E-state index in [0.717, 1.165) is 11.3 Å². The van der Waals surface area contributed by atoms with Gasteiger partial charge in [0, 0.05) is 13.1 Å². The molecule has 0 aliphatic carbocycles. The standard InChI is InChI=1S/C21H24N4O3/c1-3-25(14-19-23-18-10-5-4-9-17(18)20(26)24-19)21(27)22-12-11-15-7-6-8-16(13-15)28-2/h4-10,13H,3,11-12,14H2,1-2H3,(H,22,27)(H,23,24,26). The van der Waals surface area contributed by atoms with Crippen LogP contribution >= 0.6 is 0 Å². The minimum absolute atomic E-state index is 0.193. The molecule has 0 unspecified atom stereocenters. The average molecular weight is 380 g/mol. The van der Waals surface area contributed by atoms with Crippen LogP contribution in [0.5, 0.6) is 5.75 Å². The molecule has 0 saturated carbocycles. The molecule has 0 bridgehead atoms. The fourth-order valence-corrected chi connectivity index (χ4v) is 2.97. The molecule has 0 saturated heterocycles. The lowest BCUT2D eigenvalue weighted by Gasteiger charge is -2.21. The summed E-state index contributed by atoms with van der Waals surface area (Å²) in [6.45, 7) is 3.13. The van der Waals surface area contributed by atoms with Crippen LogP contribution in [-0.4, -0.2) is 41.1 Å². The molecule has 1 heterocycles. The molecule has 3 aromatic rings. The number of hydrogen-bond acceptors (Lipinski definition) is 4. The van der Waals surface area contributed by atoms with Crippen molar-refractivity contribution in [3.63, 3.8) is 0 Å². The maximum atomic E-state index is 12.5. The zero-order valence-electron chi connectivity index (χ0n) is 16.1. The number of H-pyrrole nitrogens is 1. The van der Waals surface area contributed by atoms with Crippen LogP contribution < -0.4 is 15.6 Å². The Hall–Kier alpha value is -3.35. The van der Waals surface area contributed by atoms with Gasteiger partial charge in [0.1, 0.15) is 11.6 Å². The number of urea groups is 1. The highest BCUT2D eigenvalue weighted by atomic mass is 16.5. The van der Waals surface area contributed by atoms with Crippen LogP contribution in [0.25, 0.3) is 10.9 Å². The first-order chi connectivity index (χ1) is 13.6. The van der Waals surface area contributed by atoms with Crippen LogP contribution in [-0.2, 0) is 13.0 Å². The molecule has 0 aliphatic heterocycles. The van der Waals surface area contributed by atoms with Gasteiger partial charge in [0.15, 0.2) is 0 Å². The van der Waals surface area contributed by atoms with Gasteiger partial charge in [-0.3, -0.25) is 4.79 Å². The highest BCUT2D eigenvalue weighted by Gasteiger charge is 2.14. The van der Waals surface area contributed by atoms with E-state index in [4.69, 9.17) is 4.74 Å². The zero-order chi connectivity index (χ0) is 19.9. The first-order valence-electron chi connectivity index (χ1n) is 9.24. The number of fused-ring (bicyclic) bond motifs is 1. The maximum Gasteiger partial charge on any atom is 0.317 e. The second kappa shape index (κ2) is 9.03. The minimum Gasteiger partial charge on any atom is -0.497 e. The fourth-order valence-electron chi connectivity index (χ4n) is 2.97. The largest absolute Gasteiger partial charge is 0.497 e. The Bertz CT molecular complexity index is 1020. The molecule has 146 valence electrons. The number of hydrogen-bond donors (Lipinski definition) is 2. The van der Waals surface area contributed by atoms with Gasteiger partial charge in [-0.15, -0.1) is 0 Å². The molecule has 0 aliphatic rings. The number of carbonyl (C=O) groups excluding carboxylic acids is 1. The molecule has 2 amide bonds. The summed E-state index contributed by atoms with van der Waals surface area (Å²) in [6.07, 6.45) is 0.700. The number of rotatable bonds is 7. The molecule has 7 nitrogen and oxygen atoms in total. The lowest BCUT2D eigenvalue weighted by atomic mass is 10.1. The summed E-state index contributed by atoms with van der Waals surface area (Å²) in [4.78, 5) is 33.5. The number of amides is 2. The summed E-state index contributed by atoms with van der Waals surface area (Å²) in [7, 11) is 1.63. The summed E-state index contributed by atoms with van der Waals surface area (Å²) in [6, 6.07) is 14.7. The summed E-state index contributed by atoms with van der Waals surface area (Å²) < 4.78 is 5.21. The Morgan fingerprint density at radius 3 is 2.82 bits per heavy atom. The number of benzene rings is 2. The normalized spacial score (nSPS) is 10.6. The van der Waals surface area contributed by atoms with E-state index < -0.39 is 0 Å². The molecule has 1 aromatic heterocycles. The topological polar surface area (TPSA) is 87.3 Å². The Morgan fingerprint density at radius 2 is 2.04 bits per heavy atom. The van der Waals surface area contributed by atoms with Gasteiger partial charge < -0.3 is 19.9 Å². The highest BCUT2D eigenvalue weighted by Crippen LogP contribution is 2.12. The third-order valence-electron chi connectivity index (χ3n) is 4.50. The van der Waals surface area contributed by atoms with Crippen LogP contribution in [0.3, 0.4) is 0 Å². The first kappa shape index (κ1) is 19.4. The summed E-state index contributed by atoms with van der Waals surface area (Å²) in [5, 5.41) is 3.46. The molecule has 0 fully saturated rings. The predicted octanol–water partition coefficient (Wildman–Crippen LogP) is 2.71. The van der Waals surface area contributed by atoms with Crippen LogP contribution in [0.1, 0.15) is 18.3 Å². The number of para-hydroxylation sites is 1. The summed E-state index contributed by atoms with van der Waals surface area (Å²) in [5.74, 6) is 1.26. The van der Waals surface area contributed by atoms with Gasteiger partial charge in [0.05, 0.1) is 24.6 Å². The SMILES string of the molecule is CCN(Cc1nc2ccccc2c(=O)[nH]1)C(=O)NCCc1cccc(OC)c1. The summed E-state index contributed by atoms with van der Waals surface area (Å²) in [5.41, 5.74) is 1.51. The monoisotopic (exact) mass is 380 g/mol. The lowest BCUT2D eigenvalue weighted by molar-refractivity contribution is 0.197. The molecular formula is C21H24N4O3. The first-order valence-corrected chi connectivity index (χ1v) is 9.24. The Kier molecular flexibility index (Phi) is 6.26. The molecule has 0 atom stereocenters. The molecule has 3 rings (SSSR count). The second-order valence-corrected chi connectivity index (χ2v) is 6.38. The van der Waals surface area contributed by atoms with Gasteiger partial charge in [-0.05, 0) is 43.2 Å². The van der Waals surface area contributed by atoms with Gasteiger partial charge in [0.2, 0.25) is 0 Å². The number of aromatic amines is 1. The van der Waals surface area contributed by atoms with E-state index in [-0.39, 0.29) is 18.1 Å². The van der Waals surface area contributed by atoms with Crippen LogP contribution in [0.2, 0.25) is 0 Å². The van der Waals surface area contributed by atoms with Gasteiger partial charge >= 0.3 is 6.03 Å². The quantitative estimate of drug-likeness (QED) is 0.660. The molecule has 0 spiro atoms. The maximum absolute atomic E-state index is 12.5. The van der Waals surface area contributed by atoms with Crippen molar-refractivity contribution in [3.05, 3.63) is 70.3 Å². The number of nitrogens with zero attached hydrogens (tertiary/aromatic N) is 2. The number of aromatic nitrogens is 2. The predicted molar refractivity (Wildman–Crippen MR) is 109 cm³/mol. The van der Waals surface area contributed by atoms with Crippen molar-refractivity contribution >= 4 is 16.9 Å². The van der Waals surface area contributed by atoms with Crippen molar-refractivity contribution in [2.45, 2.75) is 19.9 Å². The van der Waals surface area contributed by atoms with E-state index in [1.807, 2.05) is 37.3 Å². The molecule has 7 heteroatoms. The van der Waals surface area contributed by atoms with Crippen molar-refractivity contribution in [2.75, 3.05) is 20.2 Å². The van der Waals surface area contributed by atoms with E-state index in [1.54, 1.807) is 30.2 Å². The molecule has 2 aromatic carbocycles. The number of ether oxygens (including phenoxy) is 1. The van der Waals surface area contributed by atoms with Crippen molar-refractivity contribution in [1.29, 1.82) is 0 Å². The van der Waals surface area contributed by atoms with E-state index in [2.05, 4.69) is 15.3 Å². The van der Waals surface area contributed by atoms with E-state index in [0.29, 0.717) is 36.2 Å². The smallest absolute Gasteiger partial charge is 0.317 e. The van der Waals surface area contributed by atoms with E-state index in [1.165, 1.54) is 0 Å². The van der Waals surface area contributed by atoms with Crippen molar-refractivity contribution in [1.82, 2.24) is 20.2 Å². The van der Waals surface area contributed by atoms with Crippen molar-refractivity contribution < 1.29 is 9.53 Å². The molecule has 28 heavy (non-hydrogen) atoms. The van der Waals surface area contributed by atoms with Crippen molar-refractivity contribution in [3.8, 4) is 5.75 Å². The number of methoxy groups -OCH3 is 1. The van der Waals surface area contributed by atoms with Crippen LogP contribution in [0.15, 0.2) is 53.3 Å². The van der Waals surface area contributed by atoms with Gasteiger partial charge in [-0.2, -0.15) is 0 Å². The Balaban J connectivity index is 1.61. The van der Waals surface area contributed by atoms with E-state index in [9.17, 15) is 9.59 Å². The molecule has 2 N–H and O–H groups in total. The van der Waals surface area contributed by atoms with Gasteiger partial charge in [0.25, 0.3) is 5.56 Å². The second-order valence-electron chi connectivity index (χ2n) is 6.38. The van der Waals surface area contributed by atoms with E-state index >= 15 is 0 Å². The third kappa shape index (κ3) is 4.68. The molecular weight excluding hydrogens is 356 g/mol. The van der Waals surface area contributed by atoms with Gasteiger partial charge in [-0.1, -0.05) is 24.3 Å². The highest BCUT2D eigenvalue weighted by molar-refractivity contribution is 5.77. The summed E-state index contributed by atoms with van der Waals surface area (Å²) >= 11 is 0.